The fourth-order valence-corrected chi connectivity index (χ4v) is 7.20. The van der Waals surface area contributed by atoms with Gasteiger partial charge in [-0.05, 0) is 45.3 Å². The number of hydrogen-bond acceptors (Lipinski definition) is 9. The molecule has 0 spiro atoms. The number of likely N-dealkylation sites (N-methyl/N-ethyl adjacent to an activating group) is 1. The summed E-state index contributed by atoms with van der Waals surface area (Å²) in [6.45, 7) is 1.30. The number of hydrogen-bond donors (Lipinski definition) is 3. The van der Waals surface area contributed by atoms with E-state index in [2.05, 4.69) is 5.32 Å². The molecule has 10 nitrogen and oxygen atoms in total. The lowest BCUT2D eigenvalue weighted by Gasteiger charge is -2.55. The van der Waals surface area contributed by atoms with E-state index in [0.29, 0.717) is 13.2 Å². The molecule has 5 rings (SSSR count). The minimum atomic E-state index is -1.59. The summed E-state index contributed by atoms with van der Waals surface area (Å²) in [5.41, 5.74) is 4.09. The Kier molecular flexibility index (Phi) is 6.91. The van der Waals surface area contributed by atoms with Crippen molar-refractivity contribution in [3.63, 3.8) is 0 Å². The van der Waals surface area contributed by atoms with Gasteiger partial charge >= 0.3 is 0 Å². The lowest BCUT2D eigenvalue weighted by molar-refractivity contribution is -0.182. The van der Waals surface area contributed by atoms with Gasteiger partial charge in [-0.3, -0.25) is 24.1 Å². The number of nitrogens with two attached hydrogens (primary N) is 1. The first kappa shape index (κ1) is 26.9. The van der Waals surface area contributed by atoms with Gasteiger partial charge in [-0.2, -0.15) is 0 Å². The van der Waals surface area contributed by atoms with Crippen molar-refractivity contribution in [2.24, 2.45) is 29.4 Å². The average Bonchev–Trinajstić information content (AvgIpc) is 3.38. The van der Waals surface area contributed by atoms with E-state index in [0.717, 1.165) is 6.42 Å². The maximum atomic E-state index is 15.8. The van der Waals surface area contributed by atoms with Crippen LogP contribution in [0.2, 0.25) is 0 Å². The molecule has 1 aromatic rings. The van der Waals surface area contributed by atoms with Crippen LogP contribution in [0.25, 0.3) is 0 Å². The van der Waals surface area contributed by atoms with Crippen LogP contribution in [0.3, 0.4) is 0 Å². The van der Waals surface area contributed by atoms with Gasteiger partial charge in [-0.15, -0.1) is 0 Å². The average molecular weight is 532 g/mol. The highest BCUT2D eigenvalue weighted by Crippen LogP contribution is 2.53. The van der Waals surface area contributed by atoms with Crippen molar-refractivity contribution in [2.75, 3.05) is 34.4 Å². The minimum Gasteiger partial charge on any atom is -0.507 e. The van der Waals surface area contributed by atoms with Crippen LogP contribution in [0.5, 0.6) is 5.75 Å². The number of nitrogens with zero attached hydrogens (tertiary/aromatic N) is 1. The summed E-state index contributed by atoms with van der Waals surface area (Å²) in [4.78, 5) is 55.0. The maximum absolute atomic E-state index is 15.8. The highest BCUT2D eigenvalue weighted by Gasteiger charge is 2.65. The van der Waals surface area contributed by atoms with Crippen LogP contribution >= 0.6 is 0 Å². The number of phenolic OH excluding ortho intramolecular Hbond substituents is 1. The third-order valence-electron chi connectivity index (χ3n) is 9.04. The number of carbonyl (C=O) groups excluding carboxylic acids is 4. The molecule has 1 amide bonds. The van der Waals surface area contributed by atoms with Crippen LogP contribution in [-0.4, -0.2) is 85.4 Å². The number of phenols is 1. The third-order valence-corrected chi connectivity index (χ3v) is 9.04. The Morgan fingerprint density at radius 3 is 2.68 bits per heavy atom. The summed E-state index contributed by atoms with van der Waals surface area (Å²) in [7, 11) is 4.69. The van der Waals surface area contributed by atoms with E-state index in [1.165, 1.54) is 13.2 Å². The first-order chi connectivity index (χ1) is 18.0. The Balaban J connectivity index is 1.53. The SMILES string of the molecule is COC12CC(C(N)=O)C(=O)C(N(C)C)C1CC1Cc3c(F)c(CNC4CCOC4)cc(O)c3C(=O)C1C2=O. The molecule has 1 heterocycles. The van der Waals surface area contributed by atoms with Gasteiger partial charge in [0.05, 0.1) is 24.1 Å². The van der Waals surface area contributed by atoms with E-state index in [4.69, 9.17) is 15.2 Å². The van der Waals surface area contributed by atoms with Crippen molar-refractivity contribution in [3.05, 3.63) is 28.6 Å². The van der Waals surface area contributed by atoms with E-state index in [-0.39, 0.29) is 60.1 Å². The lowest BCUT2D eigenvalue weighted by Crippen LogP contribution is -2.70. The van der Waals surface area contributed by atoms with Crippen LogP contribution in [0.15, 0.2) is 6.07 Å². The number of rotatable bonds is 6. The highest BCUT2D eigenvalue weighted by atomic mass is 19.1. The van der Waals surface area contributed by atoms with Gasteiger partial charge in [0.1, 0.15) is 23.1 Å². The maximum Gasteiger partial charge on any atom is 0.228 e. The van der Waals surface area contributed by atoms with Crippen molar-refractivity contribution < 1.29 is 38.1 Å². The Morgan fingerprint density at radius 2 is 2.08 bits per heavy atom. The summed E-state index contributed by atoms with van der Waals surface area (Å²) in [5, 5.41) is 14.0. The van der Waals surface area contributed by atoms with Crippen LogP contribution in [0, 0.1) is 29.5 Å². The third kappa shape index (κ3) is 3.98. The fraction of sp³-hybridized carbons (Fsp3) is 0.630. The summed E-state index contributed by atoms with van der Waals surface area (Å²) >= 11 is 0. The fourth-order valence-electron chi connectivity index (χ4n) is 7.20. The normalized spacial score (nSPS) is 34.7. The number of carbonyl (C=O) groups is 4. The van der Waals surface area contributed by atoms with Crippen molar-refractivity contribution in [3.8, 4) is 5.75 Å². The summed E-state index contributed by atoms with van der Waals surface area (Å²) in [6, 6.07) is 0.472. The van der Waals surface area contributed by atoms with E-state index < -0.39 is 58.6 Å². The van der Waals surface area contributed by atoms with Crippen molar-refractivity contribution >= 4 is 23.3 Å². The molecule has 4 aliphatic rings. The number of nitrogens with one attached hydrogen (secondary N) is 1. The molecule has 3 aliphatic carbocycles. The summed E-state index contributed by atoms with van der Waals surface area (Å²) in [5.74, 6) is -7.06. The van der Waals surface area contributed by atoms with Gasteiger partial charge in [0.15, 0.2) is 17.3 Å². The number of methoxy groups -OCH3 is 1. The van der Waals surface area contributed by atoms with Gasteiger partial charge in [-0.1, -0.05) is 0 Å². The second kappa shape index (κ2) is 9.78. The van der Waals surface area contributed by atoms with Crippen molar-refractivity contribution in [1.29, 1.82) is 0 Å². The number of Topliss-reactive ketones (excluding diaryl/α,β-unsaturated/α-hetero) is 3. The van der Waals surface area contributed by atoms with Crippen LogP contribution in [0.4, 0.5) is 4.39 Å². The van der Waals surface area contributed by atoms with Crippen LogP contribution in [0.1, 0.15) is 40.7 Å². The first-order valence-corrected chi connectivity index (χ1v) is 13.0. The highest BCUT2D eigenvalue weighted by molar-refractivity contribution is 6.17. The largest absolute Gasteiger partial charge is 0.507 e. The molecule has 7 atom stereocenters. The van der Waals surface area contributed by atoms with Crippen LogP contribution < -0.4 is 11.1 Å². The zero-order valence-corrected chi connectivity index (χ0v) is 21.8. The Hall–Kier alpha value is -2.73. The first-order valence-electron chi connectivity index (χ1n) is 13.0. The van der Waals surface area contributed by atoms with Crippen LogP contribution in [-0.2, 0) is 36.8 Å². The molecule has 11 heteroatoms. The predicted octanol–water partition coefficient (Wildman–Crippen LogP) is 0.360. The molecule has 1 aliphatic heterocycles. The molecule has 38 heavy (non-hydrogen) atoms. The number of amides is 1. The van der Waals surface area contributed by atoms with Crippen molar-refractivity contribution in [1.82, 2.24) is 10.2 Å². The number of fused-ring (bicyclic) bond motifs is 3. The quantitative estimate of drug-likeness (QED) is 0.443. The molecule has 0 radical (unpaired) electrons. The molecule has 0 bridgehead atoms. The van der Waals surface area contributed by atoms with E-state index in [1.807, 2.05) is 0 Å². The molecule has 4 N–H and O–H groups in total. The van der Waals surface area contributed by atoms with E-state index in [9.17, 15) is 24.3 Å². The topological polar surface area (TPSA) is 148 Å². The zero-order chi connectivity index (χ0) is 27.5. The number of aromatic hydroxyl groups is 1. The second-order valence-corrected chi connectivity index (χ2v) is 11.2. The predicted molar refractivity (Wildman–Crippen MR) is 132 cm³/mol. The Bertz CT molecular complexity index is 1200. The monoisotopic (exact) mass is 531 g/mol. The second-order valence-electron chi connectivity index (χ2n) is 11.2. The molecular weight excluding hydrogens is 497 g/mol. The van der Waals surface area contributed by atoms with E-state index >= 15 is 4.39 Å². The molecular formula is C27H34FN3O7. The molecule has 7 unspecified atom stereocenters. The molecule has 0 aromatic heterocycles. The minimum absolute atomic E-state index is 0.0567. The zero-order valence-electron chi connectivity index (χ0n) is 21.8. The standard InChI is InChI=1S/C27H34FN3O7/c1-31(2)22-17-7-12-6-15-20(18(32)8-13(21(15)28)10-30-14-4-5-38-11-14)24(34)19(12)25(35)27(17,37-3)9-16(23(22)33)26(29)36/h8,12,14,16-17,19,22,30,32H,4-7,9-11H2,1-3H3,(H2,29,36). The number of halogens is 1. The Morgan fingerprint density at radius 1 is 1.34 bits per heavy atom. The van der Waals surface area contributed by atoms with Gasteiger partial charge < -0.3 is 25.6 Å². The number of ether oxygens (including phenoxy) is 2. The molecule has 3 fully saturated rings. The summed E-state index contributed by atoms with van der Waals surface area (Å²) < 4.78 is 26.9. The van der Waals surface area contributed by atoms with Gasteiger partial charge in [-0.25, -0.2) is 4.39 Å². The van der Waals surface area contributed by atoms with Gasteiger partial charge in [0.2, 0.25) is 5.91 Å². The molecule has 2 saturated carbocycles. The van der Waals surface area contributed by atoms with Gasteiger partial charge in [0, 0.05) is 49.8 Å². The Labute approximate surface area is 220 Å². The lowest BCUT2D eigenvalue weighted by atomic mass is 9.52. The molecule has 1 aromatic carbocycles. The number of primary amides is 1. The number of ketones is 3. The molecule has 1 saturated heterocycles. The smallest absolute Gasteiger partial charge is 0.228 e. The number of benzene rings is 1. The van der Waals surface area contributed by atoms with Crippen molar-refractivity contribution in [2.45, 2.75) is 49.9 Å². The van der Waals surface area contributed by atoms with E-state index in [1.54, 1.807) is 19.0 Å². The summed E-state index contributed by atoms with van der Waals surface area (Å²) in [6.07, 6.45) is 0.845. The molecule has 206 valence electrons. The van der Waals surface area contributed by atoms with Gasteiger partial charge in [0.25, 0.3) is 0 Å².